The topological polar surface area (TPSA) is 142 Å². The minimum atomic E-state index is -1.31. The molecule has 4 unspecified atom stereocenters. The third kappa shape index (κ3) is 4.30. The molecule has 1 aromatic carbocycles. The SMILES string of the molecule is CC1(C)SC(C(NC(=O)C(N)c2ccccc2)C(=O)O)NC1C(=O)O. The summed E-state index contributed by atoms with van der Waals surface area (Å²) in [5.74, 6) is -2.98. The molecule has 8 nitrogen and oxygen atoms in total. The van der Waals surface area contributed by atoms with E-state index >= 15 is 0 Å². The standard InChI is InChI=1S/C16H21N3O5S/c1-16(2)11(15(23)24)19-13(25-16)10(14(21)22)18-12(20)9(17)8-6-4-3-5-7-8/h3-7,9-11,13,19H,17H2,1-2H3,(H,18,20)(H,21,22)(H,23,24). The lowest BCUT2D eigenvalue weighted by atomic mass is 10.0. The summed E-state index contributed by atoms with van der Waals surface area (Å²) in [5.41, 5.74) is 6.44. The van der Waals surface area contributed by atoms with Crippen LogP contribution in [0.2, 0.25) is 0 Å². The molecule has 1 fully saturated rings. The lowest BCUT2D eigenvalue weighted by molar-refractivity contribution is -0.143. The van der Waals surface area contributed by atoms with Gasteiger partial charge in [0.1, 0.15) is 12.1 Å². The Morgan fingerprint density at radius 2 is 1.84 bits per heavy atom. The lowest BCUT2D eigenvalue weighted by Crippen LogP contribution is -2.55. The number of carbonyl (C=O) groups is 3. The highest BCUT2D eigenvalue weighted by molar-refractivity contribution is 8.01. The fourth-order valence-electron chi connectivity index (χ4n) is 2.65. The number of thioether (sulfide) groups is 1. The van der Waals surface area contributed by atoms with Crippen molar-refractivity contribution >= 4 is 29.6 Å². The molecule has 4 atom stereocenters. The van der Waals surface area contributed by atoms with Crippen molar-refractivity contribution in [1.82, 2.24) is 10.6 Å². The van der Waals surface area contributed by atoms with Crippen molar-refractivity contribution < 1.29 is 24.6 Å². The number of carbonyl (C=O) groups excluding carboxylic acids is 1. The van der Waals surface area contributed by atoms with Crippen molar-refractivity contribution in [3.05, 3.63) is 35.9 Å². The van der Waals surface area contributed by atoms with E-state index in [0.29, 0.717) is 5.56 Å². The Morgan fingerprint density at radius 1 is 1.24 bits per heavy atom. The minimum Gasteiger partial charge on any atom is -0.480 e. The van der Waals surface area contributed by atoms with E-state index in [-0.39, 0.29) is 0 Å². The maximum absolute atomic E-state index is 12.3. The highest BCUT2D eigenvalue weighted by Gasteiger charge is 2.49. The molecule has 0 saturated carbocycles. The van der Waals surface area contributed by atoms with Crippen molar-refractivity contribution in [2.75, 3.05) is 0 Å². The van der Waals surface area contributed by atoms with E-state index in [2.05, 4.69) is 10.6 Å². The highest BCUT2D eigenvalue weighted by Crippen LogP contribution is 2.39. The number of hydrogen-bond donors (Lipinski definition) is 5. The molecular weight excluding hydrogens is 346 g/mol. The summed E-state index contributed by atoms with van der Waals surface area (Å²) in [6, 6.07) is 5.33. The number of carboxylic acids is 2. The summed E-state index contributed by atoms with van der Waals surface area (Å²) in [5, 5.41) is 23.1. The van der Waals surface area contributed by atoms with Crippen LogP contribution in [0.3, 0.4) is 0 Å². The van der Waals surface area contributed by atoms with Crippen LogP contribution in [-0.2, 0) is 14.4 Å². The lowest BCUT2D eigenvalue weighted by Gasteiger charge is -2.23. The zero-order chi connectivity index (χ0) is 18.8. The van der Waals surface area contributed by atoms with Gasteiger partial charge in [-0.05, 0) is 19.4 Å². The summed E-state index contributed by atoms with van der Waals surface area (Å²) in [6.07, 6.45) is 0. The van der Waals surface area contributed by atoms with Crippen molar-refractivity contribution in [3.63, 3.8) is 0 Å². The van der Waals surface area contributed by atoms with Crippen LogP contribution in [0.4, 0.5) is 0 Å². The Labute approximate surface area is 149 Å². The van der Waals surface area contributed by atoms with Gasteiger partial charge in [0, 0.05) is 4.75 Å². The van der Waals surface area contributed by atoms with Gasteiger partial charge in [0.25, 0.3) is 0 Å². The summed E-state index contributed by atoms with van der Waals surface area (Å²) < 4.78 is -0.726. The van der Waals surface area contributed by atoms with Crippen molar-refractivity contribution in [2.24, 2.45) is 5.73 Å². The van der Waals surface area contributed by atoms with Crippen LogP contribution < -0.4 is 16.4 Å². The van der Waals surface area contributed by atoms with E-state index in [4.69, 9.17) is 5.73 Å². The van der Waals surface area contributed by atoms with Gasteiger partial charge in [-0.3, -0.25) is 14.9 Å². The third-order valence-electron chi connectivity index (χ3n) is 4.01. The molecule has 1 amide bonds. The molecular formula is C16H21N3O5S. The largest absolute Gasteiger partial charge is 0.480 e. The Bertz CT molecular complexity index is 667. The minimum absolute atomic E-state index is 0.555. The van der Waals surface area contributed by atoms with Gasteiger partial charge in [-0.25, -0.2) is 4.79 Å². The van der Waals surface area contributed by atoms with Crippen molar-refractivity contribution in [3.8, 4) is 0 Å². The number of amides is 1. The second kappa shape index (κ2) is 7.42. The number of benzene rings is 1. The van der Waals surface area contributed by atoms with Gasteiger partial charge < -0.3 is 21.3 Å². The number of nitrogens with one attached hydrogen (secondary N) is 2. The molecule has 1 aliphatic heterocycles. The number of carboxylic acid groups (broad SMARTS) is 2. The van der Waals surface area contributed by atoms with Crippen LogP contribution in [0.15, 0.2) is 30.3 Å². The van der Waals surface area contributed by atoms with Gasteiger partial charge in [0.05, 0.1) is 5.37 Å². The van der Waals surface area contributed by atoms with Gasteiger partial charge >= 0.3 is 11.9 Å². The quantitative estimate of drug-likeness (QED) is 0.478. The highest BCUT2D eigenvalue weighted by atomic mass is 32.2. The smallest absolute Gasteiger partial charge is 0.328 e. The second-order valence-corrected chi connectivity index (χ2v) is 8.09. The van der Waals surface area contributed by atoms with Crippen LogP contribution in [0.25, 0.3) is 0 Å². The van der Waals surface area contributed by atoms with E-state index in [1.165, 1.54) is 0 Å². The molecule has 6 N–H and O–H groups in total. The van der Waals surface area contributed by atoms with Gasteiger partial charge in [-0.1, -0.05) is 30.3 Å². The number of nitrogens with two attached hydrogens (primary N) is 1. The van der Waals surface area contributed by atoms with Gasteiger partial charge in [0.2, 0.25) is 5.91 Å². The van der Waals surface area contributed by atoms with Crippen molar-refractivity contribution in [2.45, 2.75) is 42.1 Å². The first-order chi connectivity index (χ1) is 11.6. The number of aliphatic carboxylic acids is 2. The average molecular weight is 367 g/mol. The first-order valence-corrected chi connectivity index (χ1v) is 8.52. The molecule has 0 spiro atoms. The molecule has 2 rings (SSSR count). The number of hydrogen-bond acceptors (Lipinski definition) is 6. The first-order valence-electron chi connectivity index (χ1n) is 7.64. The van der Waals surface area contributed by atoms with Crippen molar-refractivity contribution in [1.29, 1.82) is 0 Å². The summed E-state index contributed by atoms with van der Waals surface area (Å²) in [6.45, 7) is 3.42. The molecule has 0 bridgehead atoms. The summed E-state index contributed by atoms with van der Waals surface area (Å²) >= 11 is 1.16. The molecule has 0 radical (unpaired) electrons. The second-order valence-electron chi connectivity index (χ2n) is 6.29. The first kappa shape index (κ1) is 19.2. The van der Waals surface area contributed by atoms with E-state index in [1.807, 2.05) is 0 Å². The maximum atomic E-state index is 12.3. The Kier molecular flexibility index (Phi) is 5.71. The fraction of sp³-hybridized carbons (Fsp3) is 0.438. The Morgan fingerprint density at radius 3 is 2.32 bits per heavy atom. The fourth-order valence-corrected chi connectivity index (χ4v) is 4.13. The van der Waals surface area contributed by atoms with E-state index < -0.39 is 46.1 Å². The van der Waals surface area contributed by atoms with Crippen LogP contribution in [0.5, 0.6) is 0 Å². The maximum Gasteiger partial charge on any atom is 0.328 e. The van der Waals surface area contributed by atoms with Gasteiger partial charge in [-0.2, -0.15) is 0 Å². The van der Waals surface area contributed by atoms with Crippen LogP contribution in [-0.4, -0.2) is 50.3 Å². The van der Waals surface area contributed by atoms with Crippen LogP contribution >= 0.6 is 11.8 Å². The van der Waals surface area contributed by atoms with Gasteiger partial charge in [0.15, 0.2) is 6.04 Å². The molecule has 0 aliphatic carbocycles. The molecule has 1 aliphatic rings. The molecule has 1 saturated heterocycles. The van der Waals surface area contributed by atoms with E-state index in [0.717, 1.165) is 11.8 Å². The normalized spacial score (nSPS) is 24.3. The zero-order valence-electron chi connectivity index (χ0n) is 13.8. The molecule has 1 aromatic rings. The molecule has 136 valence electrons. The monoisotopic (exact) mass is 367 g/mol. The molecule has 9 heteroatoms. The third-order valence-corrected chi connectivity index (χ3v) is 5.52. The summed E-state index contributed by atoms with van der Waals surface area (Å²) in [4.78, 5) is 35.3. The summed E-state index contributed by atoms with van der Waals surface area (Å²) in [7, 11) is 0. The predicted octanol–water partition coefficient (Wildman–Crippen LogP) is 0.150. The zero-order valence-corrected chi connectivity index (χ0v) is 14.6. The van der Waals surface area contributed by atoms with Crippen LogP contribution in [0.1, 0.15) is 25.5 Å². The van der Waals surface area contributed by atoms with E-state index in [1.54, 1.807) is 44.2 Å². The molecule has 1 heterocycles. The Hall–Kier alpha value is -2.10. The Balaban J connectivity index is 2.13. The molecule has 0 aromatic heterocycles. The number of rotatable bonds is 6. The average Bonchev–Trinajstić information content (AvgIpc) is 2.87. The van der Waals surface area contributed by atoms with E-state index in [9.17, 15) is 24.6 Å². The van der Waals surface area contributed by atoms with Crippen LogP contribution in [0, 0.1) is 0 Å². The van der Waals surface area contributed by atoms with Gasteiger partial charge in [-0.15, -0.1) is 11.8 Å². The predicted molar refractivity (Wildman–Crippen MR) is 93.0 cm³/mol. The molecule has 25 heavy (non-hydrogen) atoms.